The number of hydrogen-bond donors (Lipinski definition) is 0. The van der Waals surface area contributed by atoms with Gasteiger partial charge in [0.1, 0.15) is 17.2 Å². The number of fused-ring (bicyclic) bond motifs is 1. The lowest BCUT2D eigenvalue weighted by atomic mass is 10.00. The smallest absolute Gasteiger partial charge is 0.349 e. The molecule has 0 unspecified atom stereocenters. The van der Waals surface area contributed by atoms with E-state index in [9.17, 15) is 9.59 Å². The van der Waals surface area contributed by atoms with Crippen LogP contribution in [0.15, 0.2) is 44.0 Å². The monoisotopic (exact) mass is 409 g/mol. The minimum Gasteiger partial charge on any atom is -0.423 e. The quantitative estimate of drug-likeness (QED) is 0.611. The van der Waals surface area contributed by atoms with Gasteiger partial charge in [0.25, 0.3) is 5.91 Å². The van der Waals surface area contributed by atoms with Gasteiger partial charge in [-0.05, 0) is 44.2 Å². The molecule has 8 nitrogen and oxygen atoms in total. The topological polar surface area (TPSA) is 98.7 Å². The van der Waals surface area contributed by atoms with E-state index in [1.54, 1.807) is 23.1 Å². The maximum Gasteiger partial charge on any atom is 0.349 e. The van der Waals surface area contributed by atoms with Crippen molar-refractivity contribution in [3.63, 3.8) is 0 Å². The third-order valence-corrected chi connectivity index (χ3v) is 5.95. The summed E-state index contributed by atoms with van der Waals surface area (Å²) in [5, 5.41) is 9.23. The van der Waals surface area contributed by atoms with Crippen molar-refractivity contribution in [2.75, 3.05) is 19.8 Å². The Hall–Kier alpha value is -3.00. The fraction of sp³-hybridized carbons (Fsp3) is 0.455. The molecule has 4 heterocycles. The molecule has 0 N–H and O–H groups in total. The number of benzene rings is 1. The number of piperidine rings is 1. The SMILES string of the molecule is O=C(c1cc2ccccc2oc1=O)N1CCCC[C@H]1c1nnc(C2CCOCC2)o1. The van der Waals surface area contributed by atoms with Crippen molar-refractivity contribution >= 4 is 16.9 Å². The number of carbonyl (C=O) groups excluding carboxylic acids is 1. The number of rotatable bonds is 3. The summed E-state index contributed by atoms with van der Waals surface area (Å²) < 4.78 is 16.8. The second kappa shape index (κ2) is 8.02. The number of aromatic nitrogens is 2. The van der Waals surface area contributed by atoms with E-state index in [4.69, 9.17) is 13.6 Å². The molecule has 2 aromatic heterocycles. The summed E-state index contributed by atoms with van der Waals surface area (Å²) in [6, 6.07) is 8.44. The van der Waals surface area contributed by atoms with Crippen LogP contribution in [0.2, 0.25) is 0 Å². The van der Waals surface area contributed by atoms with Gasteiger partial charge in [-0.2, -0.15) is 0 Å². The second-order valence-electron chi connectivity index (χ2n) is 7.86. The first-order valence-corrected chi connectivity index (χ1v) is 10.5. The van der Waals surface area contributed by atoms with E-state index >= 15 is 0 Å². The highest BCUT2D eigenvalue weighted by atomic mass is 16.5. The molecule has 2 saturated heterocycles. The van der Waals surface area contributed by atoms with Gasteiger partial charge in [0.05, 0.1) is 0 Å². The molecular formula is C22H23N3O5. The molecule has 1 aromatic carbocycles. The Morgan fingerprint density at radius 3 is 2.67 bits per heavy atom. The highest BCUT2D eigenvalue weighted by Crippen LogP contribution is 2.33. The minimum absolute atomic E-state index is 0.0322. The third-order valence-electron chi connectivity index (χ3n) is 5.95. The van der Waals surface area contributed by atoms with Crippen LogP contribution in [-0.4, -0.2) is 40.8 Å². The minimum atomic E-state index is -0.628. The average Bonchev–Trinajstić information content (AvgIpc) is 3.29. The number of nitrogens with zero attached hydrogens (tertiary/aromatic N) is 3. The van der Waals surface area contributed by atoms with E-state index in [1.807, 2.05) is 12.1 Å². The van der Waals surface area contributed by atoms with E-state index in [-0.39, 0.29) is 23.4 Å². The Morgan fingerprint density at radius 2 is 1.80 bits per heavy atom. The normalized spacial score (nSPS) is 20.5. The zero-order valence-electron chi connectivity index (χ0n) is 16.6. The van der Waals surface area contributed by atoms with Crippen LogP contribution in [0.5, 0.6) is 0 Å². The highest BCUT2D eigenvalue weighted by Gasteiger charge is 2.34. The van der Waals surface area contributed by atoms with Gasteiger partial charge in [-0.25, -0.2) is 4.79 Å². The maximum atomic E-state index is 13.3. The molecule has 156 valence electrons. The average molecular weight is 409 g/mol. The van der Waals surface area contributed by atoms with Gasteiger partial charge in [0.15, 0.2) is 0 Å². The first kappa shape index (κ1) is 19.0. The predicted octanol–water partition coefficient (Wildman–Crippen LogP) is 3.44. The van der Waals surface area contributed by atoms with Crippen LogP contribution in [-0.2, 0) is 4.74 Å². The lowest BCUT2D eigenvalue weighted by molar-refractivity contribution is 0.0557. The lowest BCUT2D eigenvalue weighted by Gasteiger charge is -2.33. The molecule has 0 aliphatic carbocycles. The Balaban J connectivity index is 1.44. The summed E-state index contributed by atoms with van der Waals surface area (Å²) in [7, 11) is 0. The summed E-state index contributed by atoms with van der Waals surface area (Å²) in [6.45, 7) is 1.91. The van der Waals surface area contributed by atoms with E-state index < -0.39 is 5.63 Å². The zero-order chi connectivity index (χ0) is 20.5. The molecule has 3 aromatic rings. The fourth-order valence-electron chi connectivity index (χ4n) is 4.29. The van der Waals surface area contributed by atoms with Crippen molar-refractivity contribution in [1.82, 2.24) is 15.1 Å². The first-order chi connectivity index (χ1) is 14.7. The molecular weight excluding hydrogens is 386 g/mol. The standard InChI is InChI=1S/C22H23N3O5/c26-21(16-13-15-5-1-2-7-18(15)29-22(16)27)25-10-4-3-6-17(25)20-24-23-19(30-20)14-8-11-28-12-9-14/h1-2,5,7,13-14,17H,3-4,6,8-12H2/t17-/m0/s1. The van der Waals surface area contributed by atoms with E-state index in [0.29, 0.717) is 42.5 Å². The number of amides is 1. The van der Waals surface area contributed by atoms with Crippen molar-refractivity contribution in [2.24, 2.45) is 0 Å². The van der Waals surface area contributed by atoms with Crippen LogP contribution in [0, 0.1) is 0 Å². The van der Waals surface area contributed by atoms with Gasteiger partial charge in [-0.15, -0.1) is 10.2 Å². The number of likely N-dealkylation sites (tertiary alicyclic amines) is 1. The molecule has 8 heteroatoms. The van der Waals surface area contributed by atoms with Crippen LogP contribution in [0.4, 0.5) is 0 Å². The lowest BCUT2D eigenvalue weighted by Crippen LogP contribution is -2.40. The molecule has 1 amide bonds. The molecule has 2 fully saturated rings. The van der Waals surface area contributed by atoms with Crippen LogP contribution in [0.25, 0.3) is 11.0 Å². The van der Waals surface area contributed by atoms with E-state index in [0.717, 1.165) is 32.1 Å². The number of hydrogen-bond acceptors (Lipinski definition) is 7. The maximum absolute atomic E-state index is 13.3. The summed E-state index contributed by atoms with van der Waals surface area (Å²) in [4.78, 5) is 27.5. The Morgan fingerprint density at radius 1 is 1.00 bits per heavy atom. The van der Waals surface area contributed by atoms with Crippen LogP contribution in [0.1, 0.15) is 66.2 Å². The van der Waals surface area contributed by atoms with Gasteiger partial charge in [-0.3, -0.25) is 4.79 Å². The van der Waals surface area contributed by atoms with Crippen molar-refractivity contribution in [1.29, 1.82) is 0 Å². The van der Waals surface area contributed by atoms with Crippen molar-refractivity contribution < 1.29 is 18.4 Å². The van der Waals surface area contributed by atoms with Crippen molar-refractivity contribution in [3.05, 3.63) is 58.1 Å². The molecule has 2 aliphatic rings. The summed E-state index contributed by atoms with van der Waals surface area (Å²) in [6.07, 6.45) is 4.25. The molecule has 0 radical (unpaired) electrons. The summed E-state index contributed by atoms with van der Waals surface area (Å²) >= 11 is 0. The molecule has 1 atom stereocenters. The second-order valence-corrected chi connectivity index (χ2v) is 7.86. The van der Waals surface area contributed by atoms with Gasteiger partial charge in [0.2, 0.25) is 11.8 Å². The Bertz CT molecular complexity index is 1120. The number of para-hydroxylation sites is 1. The number of ether oxygens (including phenoxy) is 1. The molecule has 2 aliphatic heterocycles. The van der Waals surface area contributed by atoms with Gasteiger partial charge in [0, 0.05) is 31.1 Å². The largest absolute Gasteiger partial charge is 0.423 e. The highest BCUT2D eigenvalue weighted by molar-refractivity contribution is 5.96. The van der Waals surface area contributed by atoms with Crippen molar-refractivity contribution in [2.45, 2.75) is 44.1 Å². The third kappa shape index (κ3) is 3.52. The van der Waals surface area contributed by atoms with Crippen molar-refractivity contribution in [3.8, 4) is 0 Å². The van der Waals surface area contributed by atoms with Crippen LogP contribution in [0.3, 0.4) is 0 Å². The Kier molecular flexibility index (Phi) is 5.08. The summed E-state index contributed by atoms with van der Waals surface area (Å²) in [5.41, 5.74) is -0.131. The van der Waals surface area contributed by atoms with E-state index in [2.05, 4.69) is 10.2 Å². The fourth-order valence-corrected chi connectivity index (χ4v) is 4.29. The first-order valence-electron chi connectivity index (χ1n) is 10.5. The molecule has 30 heavy (non-hydrogen) atoms. The zero-order valence-corrected chi connectivity index (χ0v) is 16.6. The Labute approximate surface area is 172 Å². The molecule has 0 spiro atoms. The molecule has 5 rings (SSSR count). The van der Waals surface area contributed by atoms with Crippen LogP contribution < -0.4 is 5.63 Å². The van der Waals surface area contributed by atoms with Gasteiger partial charge >= 0.3 is 5.63 Å². The molecule has 0 saturated carbocycles. The van der Waals surface area contributed by atoms with E-state index in [1.165, 1.54) is 0 Å². The predicted molar refractivity (Wildman–Crippen MR) is 107 cm³/mol. The van der Waals surface area contributed by atoms with Crippen LogP contribution >= 0.6 is 0 Å². The number of carbonyl (C=O) groups is 1. The summed E-state index contributed by atoms with van der Waals surface area (Å²) in [5.74, 6) is 0.886. The van der Waals surface area contributed by atoms with Gasteiger partial charge < -0.3 is 18.5 Å². The van der Waals surface area contributed by atoms with Gasteiger partial charge in [-0.1, -0.05) is 18.2 Å². The molecule has 0 bridgehead atoms.